The summed E-state index contributed by atoms with van der Waals surface area (Å²) in [5, 5.41) is 0. The van der Waals surface area contributed by atoms with Crippen LogP contribution < -0.4 is 4.49 Å². The first-order chi connectivity index (χ1) is 7.55. The molecule has 0 heterocycles. The van der Waals surface area contributed by atoms with Crippen LogP contribution in [0.3, 0.4) is 0 Å². The summed E-state index contributed by atoms with van der Waals surface area (Å²) >= 11 is 0. The van der Waals surface area contributed by atoms with Gasteiger partial charge in [-0.25, -0.2) is 4.57 Å². The van der Waals surface area contributed by atoms with Crippen LogP contribution in [0.25, 0.3) is 0 Å². The molecule has 0 saturated heterocycles. The SMILES string of the molecule is O=P(F)(NS(=O)(=O)O)OC(C(F)(F)F)C(F)(F)F. The Balaban J connectivity index is 5.20. The number of nitrogens with one attached hydrogen (secondary N) is 1. The van der Waals surface area contributed by atoms with E-state index in [1.54, 1.807) is 0 Å². The minimum atomic E-state index is -6.59. The Morgan fingerprint density at radius 3 is 1.67 bits per heavy atom. The molecule has 6 nitrogen and oxygen atoms in total. The molecule has 0 radical (unpaired) electrons. The number of hydrogen-bond acceptors (Lipinski definition) is 4. The lowest BCUT2D eigenvalue weighted by Crippen LogP contribution is -2.44. The molecule has 0 saturated carbocycles. The van der Waals surface area contributed by atoms with E-state index in [4.69, 9.17) is 4.55 Å². The molecule has 0 aliphatic rings. The van der Waals surface area contributed by atoms with Crippen molar-refractivity contribution in [1.82, 2.24) is 4.49 Å². The van der Waals surface area contributed by atoms with Gasteiger partial charge < -0.3 is 0 Å². The summed E-state index contributed by atoms with van der Waals surface area (Å²) < 4.78 is 124. The maximum absolute atomic E-state index is 12.6. The van der Waals surface area contributed by atoms with Crippen molar-refractivity contribution in [3.05, 3.63) is 0 Å². The predicted molar refractivity (Wildman–Crippen MR) is 40.4 cm³/mol. The Labute approximate surface area is 94.6 Å². The number of rotatable bonds is 4. The zero-order valence-corrected chi connectivity index (χ0v) is 9.37. The summed E-state index contributed by atoms with van der Waals surface area (Å²) in [4.78, 5) is 0. The zero-order chi connectivity index (χ0) is 15.0. The molecule has 1 atom stereocenters. The van der Waals surface area contributed by atoms with E-state index in [1.165, 1.54) is 0 Å². The average Bonchev–Trinajstić information content (AvgIpc) is 1.90. The zero-order valence-electron chi connectivity index (χ0n) is 7.66. The molecule has 15 heteroatoms. The maximum Gasteiger partial charge on any atom is 0.459 e. The highest BCUT2D eigenvalue weighted by Gasteiger charge is 2.61. The summed E-state index contributed by atoms with van der Waals surface area (Å²) in [5.74, 6) is 0. The average molecular weight is 329 g/mol. The Hall–Kier alpha value is -0.430. The van der Waals surface area contributed by atoms with E-state index >= 15 is 0 Å². The molecule has 1 unspecified atom stereocenters. The van der Waals surface area contributed by atoms with Crippen molar-refractivity contribution in [2.45, 2.75) is 18.5 Å². The third kappa shape index (κ3) is 6.49. The Morgan fingerprint density at radius 1 is 1.11 bits per heavy atom. The van der Waals surface area contributed by atoms with Gasteiger partial charge in [0.15, 0.2) is 0 Å². The fourth-order valence-electron chi connectivity index (χ4n) is 0.600. The van der Waals surface area contributed by atoms with Crippen molar-refractivity contribution in [2.75, 3.05) is 0 Å². The second kappa shape index (κ2) is 4.92. The van der Waals surface area contributed by atoms with Gasteiger partial charge in [0.05, 0.1) is 0 Å². The summed E-state index contributed by atoms with van der Waals surface area (Å²) in [6, 6.07) is 0. The molecule has 0 spiro atoms. The highest BCUT2D eigenvalue weighted by Crippen LogP contribution is 2.51. The first-order valence-electron chi connectivity index (χ1n) is 3.42. The summed E-state index contributed by atoms with van der Waals surface area (Å²) in [6.45, 7) is 0. The van der Waals surface area contributed by atoms with Crippen LogP contribution in [-0.2, 0) is 19.4 Å². The molecular formula is C3H3F7NO5PS. The molecule has 0 bridgehead atoms. The fourth-order valence-corrected chi connectivity index (χ4v) is 2.38. The van der Waals surface area contributed by atoms with Gasteiger partial charge in [0.1, 0.15) is 0 Å². The second-order valence-corrected chi connectivity index (χ2v) is 5.47. The van der Waals surface area contributed by atoms with Gasteiger partial charge in [0.2, 0.25) is 0 Å². The van der Waals surface area contributed by atoms with E-state index < -0.39 is 36.6 Å². The molecule has 0 aromatic heterocycles. The molecule has 0 aliphatic carbocycles. The molecule has 0 rings (SSSR count). The van der Waals surface area contributed by atoms with Gasteiger partial charge in [0, 0.05) is 0 Å². The van der Waals surface area contributed by atoms with E-state index in [2.05, 4.69) is 4.52 Å². The van der Waals surface area contributed by atoms with Crippen molar-refractivity contribution in [3.63, 3.8) is 0 Å². The van der Waals surface area contributed by atoms with E-state index in [1.807, 2.05) is 0 Å². The topological polar surface area (TPSA) is 92.7 Å². The molecule has 0 aromatic carbocycles. The summed E-state index contributed by atoms with van der Waals surface area (Å²) in [5.41, 5.74) is 0. The molecule has 2 N–H and O–H groups in total. The van der Waals surface area contributed by atoms with Crippen LogP contribution in [0.5, 0.6) is 0 Å². The minimum absolute atomic E-state index is 0.0354. The standard InChI is InChI=1S/C3H3F7NO5PS/c4-2(5,6)1(3(7,8)9)16-17(10,12)11-18(13,14)15/h1H,(H,11,12)(H,13,14,15). The van der Waals surface area contributed by atoms with Crippen LogP contribution >= 0.6 is 7.83 Å². The van der Waals surface area contributed by atoms with Gasteiger partial charge in [-0.15, -0.1) is 4.20 Å². The van der Waals surface area contributed by atoms with E-state index in [0.29, 0.717) is 0 Å². The quantitative estimate of drug-likeness (QED) is 0.467. The summed E-state index contributed by atoms with van der Waals surface area (Å²) in [7, 11) is -12.3. The normalized spacial score (nSPS) is 17.8. The van der Waals surface area contributed by atoms with Crippen LogP contribution in [-0.4, -0.2) is 31.4 Å². The highest BCUT2D eigenvalue weighted by atomic mass is 32.2. The minimum Gasteiger partial charge on any atom is -0.273 e. The maximum atomic E-state index is 12.6. The van der Waals surface area contributed by atoms with Crippen LogP contribution in [0.4, 0.5) is 30.5 Å². The number of alkyl halides is 6. The van der Waals surface area contributed by atoms with Crippen molar-refractivity contribution in [2.24, 2.45) is 0 Å². The first kappa shape index (κ1) is 17.6. The van der Waals surface area contributed by atoms with Gasteiger partial charge >= 0.3 is 30.5 Å². The van der Waals surface area contributed by atoms with Crippen molar-refractivity contribution in [1.29, 1.82) is 0 Å². The first-order valence-corrected chi connectivity index (χ1v) is 6.38. The van der Waals surface area contributed by atoms with Gasteiger partial charge in [-0.1, -0.05) is 4.49 Å². The van der Waals surface area contributed by atoms with Crippen molar-refractivity contribution >= 4 is 18.1 Å². The smallest absolute Gasteiger partial charge is 0.273 e. The Kier molecular flexibility index (Phi) is 4.80. The number of hydrogen-bond donors (Lipinski definition) is 2. The van der Waals surface area contributed by atoms with Crippen molar-refractivity contribution in [3.8, 4) is 0 Å². The second-order valence-electron chi connectivity index (χ2n) is 2.61. The van der Waals surface area contributed by atoms with Crippen LogP contribution in [0.1, 0.15) is 0 Å². The van der Waals surface area contributed by atoms with E-state index in [9.17, 15) is 43.5 Å². The summed E-state index contributed by atoms with van der Waals surface area (Å²) in [6.07, 6.45) is -17.2. The lowest BCUT2D eigenvalue weighted by molar-refractivity contribution is -0.301. The predicted octanol–water partition coefficient (Wildman–Crippen LogP) is 1.97. The molecule has 110 valence electrons. The van der Waals surface area contributed by atoms with Gasteiger partial charge in [-0.2, -0.15) is 34.8 Å². The molecule has 0 aromatic rings. The fraction of sp³-hybridized carbons (Fsp3) is 1.00. The largest absolute Gasteiger partial charge is 0.459 e. The highest BCUT2D eigenvalue weighted by molar-refractivity contribution is 7.89. The van der Waals surface area contributed by atoms with Gasteiger partial charge in [0.25, 0.3) is 6.10 Å². The van der Waals surface area contributed by atoms with Gasteiger partial charge in [-0.05, 0) is 0 Å². The van der Waals surface area contributed by atoms with Crippen LogP contribution in [0.2, 0.25) is 0 Å². The van der Waals surface area contributed by atoms with Gasteiger partial charge in [-0.3, -0.25) is 9.08 Å². The Bertz CT molecular complexity index is 427. The van der Waals surface area contributed by atoms with E-state index in [-0.39, 0.29) is 4.49 Å². The van der Waals surface area contributed by atoms with Crippen LogP contribution in [0, 0.1) is 0 Å². The third-order valence-electron chi connectivity index (χ3n) is 1.06. The molecule has 0 fully saturated rings. The third-order valence-corrected chi connectivity index (χ3v) is 3.34. The molecule has 18 heavy (non-hydrogen) atoms. The molecular weight excluding hydrogens is 326 g/mol. The van der Waals surface area contributed by atoms with E-state index in [0.717, 1.165) is 0 Å². The lowest BCUT2D eigenvalue weighted by atomic mass is 10.3. The molecule has 0 aliphatic heterocycles. The monoisotopic (exact) mass is 329 g/mol. The number of halogens is 7. The van der Waals surface area contributed by atoms with Crippen molar-refractivity contribution < 1.29 is 52.6 Å². The Morgan fingerprint density at radius 2 is 1.44 bits per heavy atom. The molecule has 0 amide bonds. The lowest BCUT2D eigenvalue weighted by Gasteiger charge is -2.23. The van der Waals surface area contributed by atoms with Crippen LogP contribution in [0.15, 0.2) is 0 Å².